The van der Waals surface area contributed by atoms with E-state index in [-0.39, 0.29) is 6.04 Å². The number of nitrogens with zero attached hydrogens (tertiary/aromatic N) is 3. The van der Waals surface area contributed by atoms with E-state index in [0.29, 0.717) is 5.82 Å². The minimum atomic E-state index is -0.256. The Morgan fingerprint density at radius 3 is 3.00 bits per heavy atom. The number of H-pyrrole nitrogens is 1. The van der Waals surface area contributed by atoms with E-state index < -0.39 is 0 Å². The molecule has 0 aliphatic rings. The van der Waals surface area contributed by atoms with Gasteiger partial charge in [0.1, 0.15) is 17.7 Å². The smallest absolute Gasteiger partial charge is 0.131 e. The molecular formula is C9H15N7. The van der Waals surface area contributed by atoms with Crippen molar-refractivity contribution in [3.63, 3.8) is 0 Å². The van der Waals surface area contributed by atoms with E-state index in [2.05, 4.69) is 20.6 Å². The van der Waals surface area contributed by atoms with Crippen LogP contribution < -0.4 is 17.0 Å². The van der Waals surface area contributed by atoms with Crippen LogP contribution in [0.25, 0.3) is 0 Å². The van der Waals surface area contributed by atoms with Gasteiger partial charge in [0.2, 0.25) is 0 Å². The van der Waals surface area contributed by atoms with Crippen LogP contribution in [0, 0.1) is 0 Å². The van der Waals surface area contributed by atoms with Gasteiger partial charge in [0.15, 0.2) is 0 Å². The fourth-order valence-electron chi connectivity index (χ4n) is 1.69. The molecule has 86 valence electrons. The summed E-state index contributed by atoms with van der Waals surface area (Å²) in [6, 6.07) is -0.256. The van der Waals surface area contributed by atoms with Crippen molar-refractivity contribution in [1.29, 1.82) is 0 Å². The molecule has 0 amide bonds. The summed E-state index contributed by atoms with van der Waals surface area (Å²) < 4.78 is 2.00. The summed E-state index contributed by atoms with van der Waals surface area (Å²) in [5.41, 5.74) is 9.26. The number of nitrogen functional groups attached to an aromatic ring is 1. The summed E-state index contributed by atoms with van der Waals surface area (Å²) in [5.74, 6) is 6.86. The molecule has 2 aromatic heterocycles. The molecule has 6 N–H and O–H groups in total. The molecular weight excluding hydrogens is 206 g/mol. The monoisotopic (exact) mass is 221 g/mol. The summed E-state index contributed by atoms with van der Waals surface area (Å²) in [4.78, 5) is 4.28. The SMILES string of the molecule is CCn1ccnc1C(NN)c1cn[nH]c1N. The van der Waals surface area contributed by atoms with Crippen LogP contribution in [0.4, 0.5) is 5.82 Å². The number of nitrogens with one attached hydrogen (secondary N) is 2. The molecule has 0 saturated carbocycles. The van der Waals surface area contributed by atoms with E-state index in [0.717, 1.165) is 17.9 Å². The highest BCUT2D eigenvalue weighted by atomic mass is 15.3. The number of rotatable bonds is 4. The van der Waals surface area contributed by atoms with E-state index in [4.69, 9.17) is 11.6 Å². The molecule has 0 aliphatic carbocycles. The summed E-state index contributed by atoms with van der Waals surface area (Å²) in [5, 5.41) is 6.55. The van der Waals surface area contributed by atoms with Gasteiger partial charge in [0.25, 0.3) is 0 Å². The Balaban J connectivity index is 2.40. The van der Waals surface area contributed by atoms with Crippen molar-refractivity contribution in [3.8, 4) is 0 Å². The van der Waals surface area contributed by atoms with E-state index in [1.54, 1.807) is 12.4 Å². The number of aromatic nitrogens is 4. The van der Waals surface area contributed by atoms with Crippen LogP contribution in [0.15, 0.2) is 18.6 Å². The lowest BCUT2D eigenvalue weighted by molar-refractivity contribution is 0.562. The average Bonchev–Trinajstić information content (AvgIpc) is 2.90. The Bertz CT molecular complexity index is 458. The van der Waals surface area contributed by atoms with Crippen LogP contribution in [-0.2, 0) is 6.54 Å². The van der Waals surface area contributed by atoms with Crippen molar-refractivity contribution in [1.82, 2.24) is 25.2 Å². The normalized spacial score (nSPS) is 12.9. The van der Waals surface area contributed by atoms with Gasteiger partial charge in [-0.3, -0.25) is 10.9 Å². The van der Waals surface area contributed by atoms with Crippen LogP contribution in [0.5, 0.6) is 0 Å². The van der Waals surface area contributed by atoms with Crippen LogP contribution in [-0.4, -0.2) is 19.7 Å². The van der Waals surface area contributed by atoms with Crippen molar-refractivity contribution in [3.05, 3.63) is 30.0 Å². The molecule has 0 bridgehead atoms. The largest absolute Gasteiger partial charge is 0.384 e. The number of aromatic amines is 1. The predicted molar refractivity (Wildman–Crippen MR) is 60.1 cm³/mol. The maximum atomic E-state index is 5.76. The summed E-state index contributed by atoms with van der Waals surface area (Å²) in [6.07, 6.45) is 5.28. The second-order valence-corrected chi connectivity index (χ2v) is 3.41. The molecule has 7 nitrogen and oxygen atoms in total. The van der Waals surface area contributed by atoms with E-state index in [1.165, 1.54) is 0 Å². The Hall–Kier alpha value is -1.86. The first-order valence-electron chi connectivity index (χ1n) is 5.03. The highest BCUT2D eigenvalue weighted by molar-refractivity contribution is 5.42. The molecule has 16 heavy (non-hydrogen) atoms. The molecule has 0 radical (unpaired) electrons. The molecule has 0 aliphatic heterocycles. The number of hydrogen-bond acceptors (Lipinski definition) is 5. The number of imidazole rings is 1. The quantitative estimate of drug-likeness (QED) is 0.420. The van der Waals surface area contributed by atoms with Crippen molar-refractivity contribution in [2.24, 2.45) is 5.84 Å². The van der Waals surface area contributed by atoms with Gasteiger partial charge in [-0.15, -0.1) is 0 Å². The van der Waals surface area contributed by atoms with Crippen molar-refractivity contribution >= 4 is 5.82 Å². The van der Waals surface area contributed by atoms with Gasteiger partial charge >= 0.3 is 0 Å². The zero-order chi connectivity index (χ0) is 11.5. The molecule has 0 aromatic carbocycles. The maximum Gasteiger partial charge on any atom is 0.131 e. The molecule has 0 spiro atoms. The molecule has 2 aromatic rings. The Labute approximate surface area is 92.8 Å². The van der Waals surface area contributed by atoms with Crippen LogP contribution >= 0.6 is 0 Å². The lowest BCUT2D eigenvalue weighted by Gasteiger charge is -2.15. The minimum Gasteiger partial charge on any atom is -0.384 e. The van der Waals surface area contributed by atoms with Crippen LogP contribution in [0.1, 0.15) is 24.4 Å². The first-order chi connectivity index (χ1) is 7.77. The van der Waals surface area contributed by atoms with Crippen molar-refractivity contribution in [2.75, 3.05) is 5.73 Å². The Morgan fingerprint density at radius 2 is 2.44 bits per heavy atom. The molecule has 0 fully saturated rings. The fraction of sp³-hybridized carbons (Fsp3) is 0.333. The van der Waals surface area contributed by atoms with E-state index in [1.807, 2.05) is 17.7 Å². The molecule has 1 atom stereocenters. The average molecular weight is 221 g/mol. The topological polar surface area (TPSA) is 111 Å². The van der Waals surface area contributed by atoms with Gasteiger partial charge in [-0.2, -0.15) is 5.10 Å². The zero-order valence-corrected chi connectivity index (χ0v) is 9.01. The van der Waals surface area contributed by atoms with Crippen LogP contribution in [0.3, 0.4) is 0 Å². The van der Waals surface area contributed by atoms with Gasteiger partial charge in [-0.1, -0.05) is 0 Å². The van der Waals surface area contributed by atoms with Crippen molar-refractivity contribution in [2.45, 2.75) is 19.5 Å². The summed E-state index contributed by atoms with van der Waals surface area (Å²) in [7, 11) is 0. The number of hydrogen-bond donors (Lipinski definition) is 4. The second kappa shape index (κ2) is 4.33. The van der Waals surface area contributed by atoms with E-state index in [9.17, 15) is 0 Å². The number of aryl methyl sites for hydroxylation is 1. The standard InChI is InChI=1S/C9H15N7/c1-2-16-4-3-12-9(16)7(14-11)6-5-13-15-8(6)10/h3-5,7,14H,2,11H2,1H3,(H3,10,13,15). The van der Waals surface area contributed by atoms with Gasteiger partial charge in [-0.05, 0) is 6.92 Å². The molecule has 1 unspecified atom stereocenters. The Kier molecular flexibility index (Phi) is 2.88. The lowest BCUT2D eigenvalue weighted by atomic mass is 10.1. The molecule has 2 heterocycles. The van der Waals surface area contributed by atoms with Gasteiger partial charge < -0.3 is 10.3 Å². The number of hydrazine groups is 1. The molecule has 2 rings (SSSR count). The zero-order valence-electron chi connectivity index (χ0n) is 9.01. The first-order valence-corrected chi connectivity index (χ1v) is 5.03. The highest BCUT2D eigenvalue weighted by Gasteiger charge is 2.20. The van der Waals surface area contributed by atoms with Crippen molar-refractivity contribution < 1.29 is 0 Å². The third-order valence-electron chi connectivity index (χ3n) is 2.52. The van der Waals surface area contributed by atoms with Crippen LogP contribution in [0.2, 0.25) is 0 Å². The third-order valence-corrected chi connectivity index (χ3v) is 2.52. The second-order valence-electron chi connectivity index (χ2n) is 3.41. The van der Waals surface area contributed by atoms with Gasteiger partial charge in [-0.25, -0.2) is 10.4 Å². The Morgan fingerprint density at radius 1 is 1.62 bits per heavy atom. The molecule has 7 heteroatoms. The predicted octanol–water partition coefficient (Wildman–Crippen LogP) is -0.239. The maximum absolute atomic E-state index is 5.76. The summed E-state index contributed by atoms with van der Waals surface area (Å²) >= 11 is 0. The summed E-state index contributed by atoms with van der Waals surface area (Å²) in [6.45, 7) is 2.86. The number of nitrogens with two attached hydrogens (primary N) is 2. The first kappa shape index (κ1) is 10.7. The highest BCUT2D eigenvalue weighted by Crippen LogP contribution is 2.23. The van der Waals surface area contributed by atoms with Gasteiger partial charge in [0.05, 0.1) is 6.20 Å². The van der Waals surface area contributed by atoms with Gasteiger partial charge in [0, 0.05) is 24.5 Å². The van der Waals surface area contributed by atoms with E-state index >= 15 is 0 Å². The molecule has 0 saturated heterocycles. The lowest BCUT2D eigenvalue weighted by Crippen LogP contribution is -2.31. The fourth-order valence-corrected chi connectivity index (χ4v) is 1.69. The third kappa shape index (κ3) is 1.66. The minimum absolute atomic E-state index is 0.256. The number of anilines is 1.